The Hall–Kier alpha value is -0.120. The summed E-state index contributed by atoms with van der Waals surface area (Å²) in [6, 6.07) is 0. The van der Waals surface area contributed by atoms with Crippen molar-refractivity contribution in [3.05, 3.63) is 0 Å². The maximum atomic E-state index is 8.73. The van der Waals surface area contributed by atoms with Crippen LogP contribution in [0.1, 0.15) is 57.8 Å². The summed E-state index contributed by atoms with van der Waals surface area (Å²) in [6.07, 6.45) is 11.2. The molecule has 1 saturated carbocycles. The van der Waals surface area contributed by atoms with Crippen LogP contribution in [0.4, 0.5) is 0 Å². The fourth-order valence-electron chi connectivity index (χ4n) is 3.00. The van der Waals surface area contributed by atoms with Crippen LogP contribution in [0.5, 0.6) is 0 Å². The number of nitrogens with two attached hydrogens (primary N) is 1. The van der Waals surface area contributed by atoms with E-state index in [0.29, 0.717) is 6.61 Å². The van der Waals surface area contributed by atoms with Gasteiger partial charge >= 0.3 is 0 Å². The van der Waals surface area contributed by atoms with E-state index in [1.165, 1.54) is 44.9 Å². The van der Waals surface area contributed by atoms with E-state index in [9.17, 15) is 0 Å². The lowest BCUT2D eigenvalue weighted by Gasteiger charge is -2.44. The van der Waals surface area contributed by atoms with Gasteiger partial charge in [-0.25, -0.2) is 0 Å². The normalized spacial score (nSPS) is 19.8. The third-order valence-electron chi connectivity index (χ3n) is 4.38. The smallest absolute Gasteiger partial charge is 0.0431 e. The predicted molar refractivity (Wildman–Crippen MR) is 73.1 cm³/mol. The average molecular weight is 242 g/mol. The van der Waals surface area contributed by atoms with Crippen LogP contribution < -0.4 is 5.73 Å². The van der Waals surface area contributed by atoms with Crippen LogP contribution in [0, 0.1) is 0 Å². The number of nitrogens with zero attached hydrogens (tertiary/aromatic N) is 1. The molecular weight excluding hydrogens is 212 g/mol. The van der Waals surface area contributed by atoms with E-state index < -0.39 is 0 Å². The summed E-state index contributed by atoms with van der Waals surface area (Å²) >= 11 is 0. The maximum Gasteiger partial charge on any atom is 0.0431 e. The maximum absolute atomic E-state index is 8.73. The molecule has 17 heavy (non-hydrogen) atoms. The van der Waals surface area contributed by atoms with Gasteiger partial charge in [0, 0.05) is 18.7 Å². The quantitative estimate of drug-likeness (QED) is 0.641. The van der Waals surface area contributed by atoms with Gasteiger partial charge in [-0.15, -0.1) is 0 Å². The lowest BCUT2D eigenvalue weighted by atomic mass is 9.80. The Morgan fingerprint density at radius 1 is 1.06 bits per heavy atom. The molecule has 1 aliphatic rings. The van der Waals surface area contributed by atoms with Crippen LogP contribution >= 0.6 is 0 Å². The number of aliphatic hydroxyl groups excluding tert-OH is 1. The van der Waals surface area contributed by atoms with Gasteiger partial charge in [-0.3, -0.25) is 4.90 Å². The minimum atomic E-state index is 0.287. The molecule has 1 aliphatic carbocycles. The highest BCUT2D eigenvalue weighted by atomic mass is 16.2. The second kappa shape index (κ2) is 8.06. The number of unbranched alkanes of at least 4 members (excludes halogenated alkanes) is 3. The predicted octanol–water partition coefficient (Wildman–Crippen LogP) is 2.13. The van der Waals surface area contributed by atoms with E-state index in [1.807, 2.05) is 0 Å². The standard InChI is InChI=1S/C14H30N2O/c1-16(11-7-2-3-8-12-17)14(13-15)9-5-4-6-10-14/h17H,2-13,15H2,1H3. The van der Waals surface area contributed by atoms with Crippen LogP contribution in [-0.2, 0) is 0 Å². The topological polar surface area (TPSA) is 49.5 Å². The summed E-state index contributed by atoms with van der Waals surface area (Å²) in [5.41, 5.74) is 6.30. The molecule has 0 aromatic rings. The van der Waals surface area contributed by atoms with Crippen LogP contribution in [0.3, 0.4) is 0 Å². The molecule has 0 unspecified atom stereocenters. The van der Waals surface area contributed by atoms with Crippen molar-refractivity contribution >= 4 is 0 Å². The molecule has 0 radical (unpaired) electrons. The monoisotopic (exact) mass is 242 g/mol. The largest absolute Gasteiger partial charge is 0.396 e. The molecular formula is C14H30N2O. The molecule has 0 spiro atoms. The highest BCUT2D eigenvalue weighted by molar-refractivity contribution is 4.92. The first kappa shape index (κ1) is 14.9. The van der Waals surface area contributed by atoms with Gasteiger partial charge in [0.15, 0.2) is 0 Å². The minimum Gasteiger partial charge on any atom is -0.396 e. The van der Waals surface area contributed by atoms with Crippen molar-refractivity contribution in [2.45, 2.75) is 63.3 Å². The summed E-state index contributed by atoms with van der Waals surface area (Å²) in [4.78, 5) is 2.51. The van der Waals surface area contributed by atoms with Gasteiger partial charge in [0.1, 0.15) is 0 Å². The lowest BCUT2D eigenvalue weighted by Crippen LogP contribution is -2.53. The number of rotatable bonds is 8. The van der Waals surface area contributed by atoms with Crippen LogP contribution in [0.15, 0.2) is 0 Å². The Bertz CT molecular complexity index is 191. The van der Waals surface area contributed by atoms with Gasteiger partial charge in [0.2, 0.25) is 0 Å². The second-order valence-corrected chi connectivity index (χ2v) is 5.55. The summed E-state index contributed by atoms with van der Waals surface area (Å²) in [7, 11) is 2.24. The van der Waals surface area contributed by atoms with Gasteiger partial charge in [0.05, 0.1) is 0 Å². The van der Waals surface area contributed by atoms with E-state index in [-0.39, 0.29) is 5.54 Å². The first-order chi connectivity index (χ1) is 8.25. The van der Waals surface area contributed by atoms with Crippen molar-refractivity contribution in [1.29, 1.82) is 0 Å². The molecule has 1 fully saturated rings. The number of hydrogen-bond donors (Lipinski definition) is 2. The molecule has 0 saturated heterocycles. The number of likely N-dealkylation sites (N-methyl/N-ethyl adjacent to an activating group) is 1. The third-order valence-corrected chi connectivity index (χ3v) is 4.38. The molecule has 0 amide bonds. The van der Waals surface area contributed by atoms with E-state index in [0.717, 1.165) is 25.9 Å². The first-order valence-electron chi connectivity index (χ1n) is 7.27. The van der Waals surface area contributed by atoms with Crippen molar-refractivity contribution in [2.75, 3.05) is 26.7 Å². The summed E-state index contributed by atoms with van der Waals surface area (Å²) < 4.78 is 0. The van der Waals surface area contributed by atoms with Crippen molar-refractivity contribution in [2.24, 2.45) is 5.73 Å². The van der Waals surface area contributed by atoms with Crippen molar-refractivity contribution in [3.63, 3.8) is 0 Å². The lowest BCUT2D eigenvalue weighted by molar-refractivity contribution is 0.0808. The SMILES string of the molecule is CN(CCCCCCO)C1(CN)CCCCC1. The van der Waals surface area contributed by atoms with Gasteiger partial charge in [0.25, 0.3) is 0 Å². The molecule has 102 valence electrons. The van der Waals surface area contributed by atoms with Gasteiger partial charge < -0.3 is 10.8 Å². The second-order valence-electron chi connectivity index (χ2n) is 5.55. The molecule has 3 heteroatoms. The highest BCUT2D eigenvalue weighted by Gasteiger charge is 2.33. The minimum absolute atomic E-state index is 0.287. The fourth-order valence-corrected chi connectivity index (χ4v) is 3.00. The van der Waals surface area contributed by atoms with Gasteiger partial charge in [-0.05, 0) is 39.3 Å². The highest BCUT2D eigenvalue weighted by Crippen LogP contribution is 2.32. The van der Waals surface area contributed by atoms with Crippen LogP contribution in [0.25, 0.3) is 0 Å². The molecule has 0 atom stereocenters. The molecule has 0 heterocycles. The third kappa shape index (κ3) is 4.57. The molecule has 0 aromatic carbocycles. The van der Waals surface area contributed by atoms with Crippen molar-refractivity contribution in [3.8, 4) is 0 Å². The van der Waals surface area contributed by atoms with Gasteiger partial charge in [-0.2, -0.15) is 0 Å². The first-order valence-corrected chi connectivity index (χ1v) is 7.27. The molecule has 0 aliphatic heterocycles. The van der Waals surface area contributed by atoms with Crippen LogP contribution in [0.2, 0.25) is 0 Å². The molecule has 0 aromatic heterocycles. The summed E-state index contributed by atoms with van der Waals surface area (Å²) in [6.45, 7) is 2.30. The zero-order valence-electron chi connectivity index (χ0n) is 11.5. The van der Waals surface area contributed by atoms with Crippen molar-refractivity contribution < 1.29 is 5.11 Å². The summed E-state index contributed by atoms with van der Waals surface area (Å²) in [5.74, 6) is 0. The van der Waals surface area contributed by atoms with E-state index in [1.54, 1.807) is 0 Å². The molecule has 0 bridgehead atoms. The van der Waals surface area contributed by atoms with E-state index >= 15 is 0 Å². The summed E-state index contributed by atoms with van der Waals surface area (Å²) in [5, 5.41) is 8.73. The Kier molecular flexibility index (Phi) is 7.09. The Balaban J connectivity index is 2.25. The zero-order chi connectivity index (χ0) is 12.6. The van der Waals surface area contributed by atoms with E-state index in [4.69, 9.17) is 10.8 Å². The number of aliphatic hydroxyl groups is 1. The Morgan fingerprint density at radius 2 is 1.71 bits per heavy atom. The van der Waals surface area contributed by atoms with Gasteiger partial charge in [-0.1, -0.05) is 32.1 Å². The van der Waals surface area contributed by atoms with E-state index in [2.05, 4.69) is 11.9 Å². The zero-order valence-corrected chi connectivity index (χ0v) is 11.5. The van der Waals surface area contributed by atoms with Crippen LogP contribution in [-0.4, -0.2) is 42.3 Å². The van der Waals surface area contributed by atoms with Crippen molar-refractivity contribution in [1.82, 2.24) is 4.90 Å². The number of hydrogen-bond acceptors (Lipinski definition) is 3. The fraction of sp³-hybridized carbons (Fsp3) is 1.00. The molecule has 3 nitrogen and oxygen atoms in total. The Labute approximate surface area is 106 Å². The molecule has 3 N–H and O–H groups in total. The average Bonchev–Trinajstić information content (AvgIpc) is 2.39. The Morgan fingerprint density at radius 3 is 2.29 bits per heavy atom. The molecule has 1 rings (SSSR count).